The van der Waals surface area contributed by atoms with Crippen LogP contribution >= 0.6 is 0 Å². The van der Waals surface area contributed by atoms with Crippen molar-refractivity contribution >= 4 is 33.6 Å². The third-order valence-corrected chi connectivity index (χ3v) is 5.96. The molecule has 4 aromatic rings. The van der Waals surface area contributed by atoms with Gasteiger partial charge in [-0.05, 0) is 49.1 Å². The Morgan fingerprint density at radius 3 is 2.21 bits per heavy atom. The molecule has 2 amide bonds. The van der Waals surface area contributed by atoms with Gasteiger partial charge in [0.2, 0.25) is 11.8 Å². The third-order valence-electron chi connectivity index (χ3n) is 5.96. The maximum atomic E-state index is 12.8. The average molecular weight is 446 g/mol. The predicted molar refractivity (Wildman–Crippen MR) is 132 cm³/mol. The summed E-state index contributed by atoms with van der Waals surface area (Å²) in [5.41, 5.74) is 9.87. The summed E-state index contributed by atoms with van der Waals surface area (Å²) in [5, 5.41) is 8.11. The molecule has 0 saturated carbocycles. The monoisotopic (exact) mass is 445 g/mol. The van der Waals surface area contributed by atoms with E-state index in [1.807, 2.05) is 54.9 Å². The number of benzene rings is 2. The third kappa shape index (κ3) is 5.62. The number of aromatic nitrogens is 2. The molecule has 0 bridgehead atoms. The van der Waals surface area contributed by atoms with Gasteiger partial charge in [0.1, 0.15) is 6.04 Å². The molecule has 7 nitrogen and oxygen atoms in total. The molecule has 2 heterocycles. The summed E-state index contributed by atoms with van der Waals surface area (Å²) in [7, 11) is 0. The Morgan fingerprint density at radius 1 is 0.879 bits per heavy atom. The molecule has 2 aromatic heterocycles. The van der Waals surface area contributed by atoms with Crippen LogP contribution in [-0.4, -0.2) is 40.9 Å². The zero-order valence-corrected chi connectivity index (χ0v) is 18.7. The molecule has 2 aromatic carbocycles. The van der Waals surface area contributed by atoms with Gasteiger partial charge in [-0.1, -0.05) is 36.4 Å². The van der Waals surface area contributed by atoms with Gasteiger partial charge in [0, 0.05) is 53.6 Å². The van der Waals surface area contributed by atoms with E-state index in [1.54, 1.807) is 0 Å². The van der Waals surface area contributed by atoms with Gasteiger partial charge in [-0.2, -0.15) is 0 Å². The first kappa shape index (κ1) is 22.6. The van der Waals surface area contributed by atoms with Gasteiger partial charge in [-0.25, -0.2) is 0 Å². The first-order valence-corrected chi connectivity index (χ1v) is 11.5. The number of aromatic amines is 2. The van der Waals surface area contributed by atoms with Crippen molar-refractivity contribution in [1.82, 2.24) is 20.6 Å². The number of nitrogens with two attached hydrogens (primary N) is 1. The number of rotatable bonds is 11. The molecule has 7 heteroatoms. The number of carbonyl (C=O) groups excluding carboxylic acids is 2. The molecule has 4 rings (SSSR count). The van der Waals surface area contributed by atoms with Crippen molar-refractivity contribution < 1.29 is 9.59 Å². The molecule has 0 aliphatic carbocycles. The van der Waals surface area contributed by atoms with Crippen LogP contribution < -0.4 is 16.4 Å². The Kier molecular flexibility index (Phi) is 7.42. The van der Waals surface area contributed by atoms with Gasteiger partial charge >= 0.3 is 0 Å². The Balaban J connectivity index is 1.38. The first-order valence-electron chi connectivity index (χ1n) is 11.5. The molecule has 0 fully saturated rings. The number of fused-ring (bicyclic) bond motifs is 2. The molecule has 0 aliphatic rings. The van der Waals surface area contributed by atoms with E-state index in [4.69, 9.17) is 5.73 Å². The fourth-order valence-electron chi connectivity index (χ4n) is 4.21. The second-order valence-electron chi connectivity index (χ2n) is 8.33. The van der Waals surface area contributed by atoms with Crippen molar-refractivity contribution in [3.63, 3.8) is 0 Å². The van der Waals surface area contributed by atoms with Crippen LogP contribution in [0.5, 0.6) is 0 Å². The normalized spacial score (nSPS) is 12.2. The summed E-state index contributed by atoms with van der Waals surface area (Å²) in [6.45, 7) is 1.00. The summed E-state index contributed by atoms with van der Waals surface area (Å²) in [6, 6.07) is 15.5. The quantitative estimate of drug-likeness (QED) is 0.228. The summed E-state index contributed by atoms with van der Waals surface area (Å²) in [5.74, 6) is -0.299. The summed E-state index contributed by atoms with van der Waals surface area (Å²) in [6.07, 6.45) is 6.91. The molecule has 0 saturated heterocycles. The lowest BCUT2D eigenvalue weighted by Gasteiger charge is -2.18. The highest BCUT2D eigenvalue weighted by Gasteiger charge is 2.22. The molecule has 1 unspecified atom stereocenters. The Labute approximate surface area is 193 Å². The van der Waals surface area contributed by atoms with Crippen LogP contribution in [0.3, 0.4) is 0 Å². The SMILES string of the molecule is NCCCNC(=O)C(Cc1c[nH]c2ccccc12)NC(=O)CCCc1c[nH]c2ccccc12. The second-order valence-corrected chi connectivity index (χ2v) is 8.33. The zero-order chi connectivity index (χ0) is 23.0. The van der Waals surface area contributed by atoms with Crippen molar-refractivity contribution in [2.45, 2.75) is 38.1 Å². The zero-order valence-electron chi connectivity index (χ0n) is 18.7. The van der Waals surface area contributed by atoms with E-state index in [-0.39, 0.29) is 11.8 Å². The number of amides is 2. The van der Waals surface area contributed by atoms with Crippen molar-refractivity contribution in [3.8, 4) is 0 Å². The van der Waals surface area contributed by atoms with E-state index >= 15 is 0 Å². The number of nitrogens with one attached hydrogen (secondary N) is 4. The number of carbonyl (C=O) groups is 2. The van der Waals surface area contributed by atoms with E-state index < -0.39 is 6.04 Å². The molecule has 6 N–H and O–H groups in total. The van der Waals surface area contributed by atoms with Crippen molar-refractivity contribution in [2.24, 2.45) is 5.73 Å². The van der Waals surface area contributed by atoms with Gasteiger partial charge < -0.3 is 26.3 Å². The second kappa shape index (κ2) is 10.8. The van der Waals surface area contributed by atoms with E-state index in [0.29, 0.717) is 38.8 Å². The van der Waals surface area contributed by atoms with Crippen LogP contribution in [0.2, 0.25) is 0 Å². The molecule has 33 heavy (non-hydrogen) atoms. The van der Waals surface area contributed by atoms with Gasteiger partial charge in [0.25, 0.3) is 0 Å². The van der Waals surface area contributed by atoms with E-state index in [1.165, 1.54) is 10.9 Å². The molecule has 0 radical (unpaired) electrons. The largest absolute Gasteiger partial charge is 0.361 e. The van der Waals surface area contributed by atoms with Crippen molar-refractivity contribution in [1.29, 1.82) is 0 Å². The van der Waals surface area contributed by atoms with Gasteiger partial charge in [-0.15, -0.1) is 0 Å². The summed E-state index contributed by atoms with van der Waals surface area (Å²) in [4.78, 5) is 32.1. The van der Waals surface area contributed by atoms with Crippen LogP contribution in [0.4, 0.5) is 0 Å². The maximum absolute atomic E-state index is 12.8. The minimum absolute atomic E-state index is 0.117. The minimum atomic E-state index is -0.637. The Hall–Kier alpha value is -3.58. The van der Waals surface area contributed by atoms with Crippen molar-refractivity contribution in [2.75, 3.05) is 13.1 Å². The summed E-state index contributed by atoms with van der Waals surface area (Å²) < 4.78 is 0. The lowest BCUT2D eigenvalue weighted by Crippen LogP contribution is -2.48. The van der Waals surface area contributed by atoms with Crippen LogP contribution in [0.15, 0.2) is 60.9 Å². The van der Waals surface area contributed by atoms with E-state index in [9.17, 15) is 9.59 Å². The minimum Gasteiger partial charge on any atom is -0.361 e. The number of para-hydroxylation sites is 2. The van der Waals surface area contributed by atoms with Crippen molar-refractivity contribution in [3.05, 3.63) is 72.1 Å². The topological polar surface area (TPSA) is 116 Å². The van der Waals surface area contributed by atoms with Gasteiger partial charge in [-0.3, -0.25) is 9.59 Å². The van der Waals surface area contributed by atoms with Crippen LogP contribution in [-0.2, 0) is 22.4 Å². The lowest BCUT2D eigenvalue weighted by molar-refractivity contribution is -0.129. The molecule has 0 spiro atoms. The van der Waals surface area contributed by atoms with Crippen LogP contribution in [0.25, 0.3) is 21.8 Å². The predicted octanol–water partition coefficient (Wildman–Crippen LogP) is 3.16. The highest BCUT2D eigenvalue weighted by molar-refractivity contribution is 5.89. The Bertz CT molecular complexity index is 1230. The first-order chi connectivity index (χ1) is 16.2. The number of hydrogen-bond acceptors (Lipinski definition) is 3. The highest BCUT2D eigenvalue weighted by atomic mass is 16.2. The van der Waals surface area contributed by atoms with Crippen LogP contribution in [0.1, 0.15) is 30.4 Å². The Morgan fingerprint density at radius 2 is 1.52 bits per heavy atom. The number of aryl methyl sites for hydroxylation is 1. The molecule has 172 valence electrons. The summed E-state index contributed by atoms with van der Waals surface area (Å²) >= 11 is 0. The van der Waals surface area contributed by atoms with E-state index in [2.05, 4.69) is 26.7 Å². The lowest BCUT2D eigenvalue weighted by atomic mass is 10.0. The molecular weight excluding hydrogens is 414 g/mol. The number of H-pyrrole nitrogens is 2. The number of hydrogen-bond donors (Lipinski definition) is 5. The highest BCUT2D eigenvalue weighted by Crippen LogP contribution is 2.20. The fraction of sp³-hybridized carbons (Fsp3) is 0.308. The average Bonchev–Trinajstić information content (AvgIpc) is 3.43. The van der Waals surface area contributed by atoms with E-state index in [0.717, 1.165) is 28.4 Å². The smallest absolute Gasteiger partial charge is 0.242 e. The maximum Gasteiger partial charge on any atom is 0.242 e. The molecular formula is C26H31N5O2. The van der Waals surface area contributed by atoms with Gasteiger partial charge in [0.05, 0.1) is 0 Å². The fourth-order valence-corrected chi connectivity index (χ4v) is 4.21. The van der Waals surface area contributed by atoms with Gasteiger partial charge in [0.15, 0.2) is 0 Å². The molecule has 1 atom stereocenters. The van der Waals surface area contributed by atoms with Crippen LogP contribution in [0, 0.1) is 0 Å². The molecule has 0 aliphatic heterocycles. The standard InChI is InChI=1S/C26H31N5O2/c27-13-6-14-28-26(33)24(15-19-17-30-23-11-4-2-9-21(19)23)31-25(32)12-5-7-18-16-29-22-10-3-1-8-20(18)22/h1-4,8-11,16-17,24,29-30H,5-7,12-15,27H2,(H,28,33)(H,31,32).